The minimum atomic E-state index is -0.295. The van der Waals surface area contributed by atoms with E-state index in [2.05, 4.69) is 32.4 Å². The Morgan fingerprint density at radius 3 is 2.79 bits per heavy atom. The fourth-order valence-electron chi connectivity index (χ4n) is 3.40. The van der Waals surface area contributed by atoms with Crippen LogP contribution >= 0.6 is 24.0 Å². The number of aliphatic imine (C=N–C) groups is 1. The molecule has 158 valence electrons. The van der Waals surface area contributed by atoms with E-state index in [9.17, 15) is 4.39 Å². The van der Waals surface area contributed by atoms with Crippen LogP contribution in [0.2, 0.25) is 0 Å². The van der Waals surface area contributed by atoms with E-state index in [0.29, 0.717) is 24.2 Å². The van der Waals surface area contributed by atoms with E-state index in [4.69, 9.17) is 4.74 Å². The van der Waals surface area contributed by atoms with E-state index in [-0.39, 0.29) is 29.8 Å². The molecule has 1 aliphatic rings. The number of aromatic nitrogens is 1. The third-order valence-electron chi connectivity index (χ3n) is 4.93. The Labute approximate surface area is 189 Å². The molecule has 1 aromatic carbocycles. The SMILES string of the molecule is CCN1CCCC1CNC(=NC)NCc1ccnc(Oc2ccc(F)cc2)c1.I. The number of likely N-dealkylation sites (N-methyl/N-ethyl adjacent to an activating group) is 1. The summed E-state index contributed by atoms with van der Waals surface area (Å²) in [7, 11) is 1.77. The number of hydrogen-bond acceptors (Lipinski definition) is 4. The van der Waals surface area contributed by atoms with Gasteiger partial charge in [-0.15, -0.1) is 24.0 Å². The maximum absolute atomic E-state index is 13.0. The molecule has 0 bridgehead atoms. The van der Waals surface area contributed by atoms with Gasteiger partial charge in [-0.25, -0.2) is 9.37 Å². The molecular weight excluding hydrogens is 484 g/mol. The van der Waals surface area contributed by atoms with Crippen LogP contribution in [0.25, 0.3) is 0 Å². The summed E-state index contributed by atoms with van der Waals surface area (Å²) in [5, 5.41) is 6.75. The molecule has 1 saturated heterocycles. The molecule has 0 aliphatic carbocycles. The van der Waals surface area contributed by atoms with Crippen LogP contribution in [0.3, 0.4) is 0 Å². The number of nitrogens with one attached hydrogen (secondary N) is 2. The summed E-state index contributed by atoms with van der Waals surface area (Å²) >= 11 is 0. The van der Waals surface area contributed by atoms with Crippen molar-refractivity contribution in [3.63, 3.8) is 0 Å². The number of pyridine rings is 1. The molecule has 2 heterocycles. The first-order chi connectivity index (χ1) is 13.7. The highest BCUT2D eigenvalue weighted by molar-refractivity contribution is 14.0. The highest BCUT2D eigenvalue weighted by atomic mass is 127. The zero-order chi connectivity index (χ0) is 19.8. The van der Waals surface area contributed by atoms with Gasteiger partial charge in [-0.2, -0.15) is 0 Å². The van der Waals surface area contributed by atoms with E-state index in [1.54, 1.807) is 25.4 Å². The fourth-order valence-corrected chi connectivity index (χ4v) is 3.40. The second kappa shape index (κ2) is 11.9. The largest absolute Gasteiger partial charge is 0.439 e. The van der Waals surface area contributed by atoms with Crippen molar-refractivity contribution in [2.24, 2.45) is 4.99 Å². The zero-order valence-electron chi connectivity index (χ0n) is 16.9. The monoisotopic (exact) mass is 513 g/mol. The van der Waals surface area contributed by atoms with E-state index in [1.807, 2.05) is 12.1 Å². The van der Waals surface area contributed by atoms with Gasteiger partial charge in [0.05, 0.1) is 0 Å². The first-order valence-electron chi connectivity index (χ1n) is 9.75. The standard InChI is InChI=1S/C21H28FN5O.HI/c1-3-27-12-4-5-18(27)15-26-21(23-2)25-14-16-10-11-24-20(13-16)28-19-8-6-17(22)7-9-19;/h6-11,13,18H,3-5,12,14-15H2,1-2H3,(H2,23,25,26);1H. The Morgan fingerprint density at radius 2 is 2.07 bits per heavy atom. The maximum atomic E-state index is 13.0. The molecule has 0 saturated carbocycles. The molecule has 0 amide bonds. The summed E-state index contributed by atoms with van der Waals surface area (Å²) in [6, 6.07) is 10.2. The first kappa shape index (κ1) is 23.3. The van der Waals surface area contributed by atoms with Crippen molar-refractivity contribution in [3.8, 4) is 11.6 Å². The summed E-state index contributed by atoms with van der Waals surface area (Å²) in [4.78, 5) is 11.0. The molecule has 8 heteroatoms. The molecular formula is C21H29FIN5O. The summed E-state index contributed by atoms with van der Waals surface area (Å²) in [6.07, 6.45) is 4.19. The van der Waals surface area contributed by atoms with Crippen molar-refractivity contribution in [2.45, 2.75) is 32.4 Å². The molecule has 1 atom stereocenters. The quantitative estimate of drug-likeness (QED) is 0.336. The predicted octanol–water partition coefficient (Wildman–Crippen LogP) is 3.78. The molecule has 2 N–H and O–H groups in total. The van der Waals surface area contributed by atoms with Crippen LogP contribution in [-0.4, -0.2) is 48.6 Å². The third-order valence-corrected chi connectivity index (χ3v) is 4.93. The Bertz CT molecular complexity index is 787. The van der Waals surface area contributed by atoms with Gasteiger partial charge in [0.25, 0.3) is 0 Å². The van der Waals surface area contributed by atoms with E-state index < -0.39 is 0 Å². The maximum Gasteiger partial charge on any atom is 0.219 e. The lowest BCUT2D eigenvalue weighted by molar-refractivity contribution is 0.267. The number of nitrogens with zero attached hydrogens (tertiary/aromatic N) is 3. The third kappa shape index (κ3) is 7.11. The topological polar surface area (TPSA) is 61.8 Å². The minimum absolute atomic E-state index is 0. The predicted molar refractivity (Wildman–Crippen MR) is 125 cm³/mol. The average molecular weight is 513 g/mol. The van der Waals surface area contributed by atoms with Gasteiger partial charge in [0.1, 0.15) is 11.6 Å². The van der Waals surface area contributed by atoms with Crippen LogP contribution in [0.4, 0.5) is 4.39 Å². The Hall–Kier alpha value is -1.94. The van der Waals surface area contributed by atoms with E-state index >= 15 is 0 Å². The lowest BCUT2D eigenvalue weighted by Crippen LogP contribution is -2.44. The molecule has 1 unspecified atom stereocenters. The minimum Gasteiger partial charge on any atom is -0.439 e. The van der Waals surface area contributed by atoms with Gasteiger partial charge in [-0.05, 0) is 61.8 Å². The summed E-state index contributed by atoms with van der Waals surface area (Å²) in [5.41, 5.74) is 1.02. The van der Waals surface area contributed by atoms with Gasteiger partial charge >= 0.3 is 0 Å². The van der Waals surface area contributed by atoms with Gasteiger partial charge in [0, 0.05) is 38.4 Å². The number of rotatable bonds is 7. The first-order valence-corrected chi connectivity index (χ1v) is 9.75. The van der Waals surface area contributed by atoms with Gasteiger partial charge in [0.15, 0.2) is 5.96 Å². The average Bonchev–Trinajstić information content (AvgIpc) is 3.18. The summed E-state index contributed by atoms with van der Waals surface area (Å²) < 4.78 is 18.7. The normalized spacial score (nSPS) is 16.9. The van der Waals surface area contributed by atoms with Gasteiger partial charge in [-0.1, -0.05) is 6.92 Å². The second-order valence-electron chi connectivity index (χ2n) is 6.79. The number of halogens is 2. The second-order valence-corrected chi connectivity index (χ2v) is 6.79. The molecule has 3 rings (SSSR count). The lowest BCUT2D eigenvalue weighted by Gasteiger charge is -2.24. The van der Waals surface area contributed by atoms with Crippen LogP contribution in [0, 0.1) is 5.82 Å². The van der Waals surface area contributed by atoms with Crippen molar-refractivity contribution in [3.05, 3.63) is 54.0 Å². The van der Waals surface area contributed by atoms with Crippen molar-refractivity contribution < 1.29 is 9.13 Å². The molecule has 6 nitrogen and oxygen atoms in total. The molecule has 0 radical (unpaired) electrons. The van der Waals surface area contributed by atoms with Crippen LogP contribution in [0.1, 0.15) is 25.3 Å². The molecule has 1 fully saturated rings. The summed E-state index contributed by atoms with van der Waals surface area (Å²) in [6.45, 7) is 5.97. The number of hydrogen-bond donors (Lipinski definition) is 2. The Kier molecular flexibility index (Phi) is 9.59. The van der Waals surface area contributed by atoms with E-state index in [1.165, 1.54) is 31.5 Å². The highest BCUT2D eigenvalue weighted by Gasteiger charge is 2.22. The fraction of sp³-hybridized carbons (Fsp3) is 0.429. The number of ether oxygens (including phenoxy) is 1. The molecule has 1 aliphatic heterocycles. The van der Waals surface area contributed by atoms with Crippen LogP contribution < -0.4 is 15.4 Å². The van der Waals surface area contributed by atoms with Crippen LogP contribution in [-0.2, 0) is 6.54 Å². The van der Waals surface area contributed by atoms with Crippen LogP contribution in [0.5, 0.6) is 11.6 Å². The van der Waals surface area contributed by atoms with Gasteiger partial charge < -0.3 is 15.4 Å². The lowest BCUT2D eigenvalue weighted by atomic mass is 10.2. The van der Waals surface area contributed by atoms with Gasteiger partial charge in [-0.3, -0.25) is 9.89 Å². The smallest absolute Gasteiger partial charge is 0.219 e. The van der Waals surface area contributed by atoms with Crippen molar-refractivity contribution >= 4 is 29.9 Å². The molecule has 2 aromatic rings. The van der Waals surface area contributed by atoms with Crippen LogP contribution in [0.15, 0.2) is 47.6 Å². The van der Waals surface area contributed by atoms with Crippen molar-refractivity contribution in [1.29, 1.82) is 0 Å². The Morgan fingerprint density at radius 1 is 1.28 bits per heavy atom. The highest BCUT2D eigenvalue weighted by Crippen LogP contribution is 2.20. The molecule has 29 heavy (non-hydrogen) atoms. The zero-order valence-corrected chi connectivity index (χ0v) is 19.2. The van der Waals surface area contributed by atoms with Crippen molar-refractivity contribution in [1.82, 2.24) is 20.5 Å². The van der Waals surface area contributed by atoms with E-state index in [0.717, 1.165) is 24.6 Å². The van der Waals surface area contributed by atoms with Gasteiger partial charge in [0.2, 0.25) is 5.88 Å². The Balaban J connectivity index is 0.00000300. The number of guanidine groups is 1. The molecule has 1 aromatic heterocycles. The molecule has 0 spiro atoms. The summed E-state index contributed by atoms with van der Waals surface area (Å²) in [5.74, 6) is 1.50. The number of benzene rings is 1. The number of likely N-dealkylation sites (tertiary alicyclic amines) is 1. The van der Waals surface area contributed by atoms with Crippen molar-refractivity contribution in [2.75, 3.05) is 26.7 Å².